The van der Waals surface area contributed by atoms with Gasteiger partial charge in [0.15, 0.2) is 0 Å². The Kier molecular flexibility index (Phi) is 5.67. The van der Waals surface area contributed by atoms with E-state index in [1.54, 1.807) is 0 Å². The van der Waals surface area contributed by atoms with E-state index in [9.17, 15) is 0 Å². The van der Waals surface area contributed by atoms with Crippen molar-refractivity contribution in [1.29, 1.82) is 0 Å². The molecule has 138 valence electrons. The normalized spacial score (nSPS) is 19.5. The van der Waals surface area contributed by atoms with Crippen LogP contribution in [0.3, 0.4) is 0 Å². The zero-order valence-corrected chi connectivity index (χ0v) is 16.7. The molecule has 2 aromatic rings. The lowest BCUT2D eigenvalue weighted by Gasteiger charge is -2.27. The van der Waals surface area contributed by atoms with Crippen LogP contribution in [0.5, 0.6) is 0 Å². The molecule has 1 aliphatic carbocycles. The number of rotatable bonds is 2. The largest absolute Gasteiger partial charge is 0.0950 e. The molecule has 0 saturated heterocycles. The highest BCUT2D eigenvalue weighted by molar-refractivity contribution is 5.66. The fourth-order valence-corrected chi connectivity index (χ4v) is 3.86. The van der Waals surface area contributed by atoms with E-state index in [2.05, 4.69) is 82.5 Å². The third-order valence-electron chi connectivity index (χ3n) is 6.04. The Morgan fingerprint density at radius 1 is 0.885 bits per heavy atom. The molecule has 26 heavy (non-hydrogen) atoms. The maximum absolute atomic E-state index is 4.39. The van der Waals surface area contributed by atoms with Gasteiger partial charge in [-0.1, -0.05) is 50.3 Å². The number of hydrogen-bond acceptors (Lipinski definition) is 0. The molecule has 0 heterocycles. The highest BCUT2D eigenvalue weighted by atomic mass is 14.3. The van der Waals surface area contributed by atoms with Crippen LogP contribution >= 0.6 is 0 Å². The van der Waals surface area contributed by atoms with Crippen LogP contribution in [0.1, 0.15) is 68.8 Å². The standard InChI is InChI=1S/C26H30.2H2/c1-18-6-12-25(13-7-18)22(5)26-14-10-23(11-15-26)8-9-24-16-19(2)21(4)20(3)17-24;;/h10-11,14-18,25H,5-7,12-13H2,1-4H3;2*1H. The van der Waals surface area contributed by atoms with Gasteiger partial charge in [0.05, 0.1) is 0 Å². The van der Waals surface area contributed by atoms with E-state index in [1.165, 1.54) is 53.5 Å². The lowest BCUT2D eigenvalue weighted by atomic mass is 9.78. The zero-order chi connectivity index (χ0) is 18.7. The lowest BCUT2D eigenvalue weighted by Crippen LogP contribution is -2.13. The summed E-state index contributed by atoms with van der Waals surface area (Å²) in [5.41, 5.74) is 8.71. The molecule has 0 nitrogen and oxygen atoms in total. The Bertz CT molecular complexity index is 835. The van der Waals surface area contributed by atoms with Crippen molar-refractivity contribution >= 4 is 5.57 Å². The van der Waals surface area contributed by atoms with Gasteiger partial charge in [0.2, 0.25) is 0 Å². The van der Waals surface area contributed by atoms with Crippen LogP contribution in [0.4, 0.5) is 0 Å². The van der Waals surface area contributed by atoms with E-state index in [-0.39, 0.29) is 2.85 Å². The van der Waals surface area contributed by atoms with Gasteiger partial charge in [-0.2, -0.15) is 0 Å². The maximum atomic E-state index is 4.39. The minimum absolute atomic E-state index is 0. The SMILES string of the molecule is C=C(c1ccc(C#Cc2cc(C)c(C)c(C)c2)cc1)C1CCC(C)CC1.[HH].[HH]. The number of allylic oxidation sites excluding steroid dienone is 1. The Morgan fingerprint density at radius 2 is 1.42 bits per heavy atom. The average molecular weight is 347 g/mol. The molecule has 1 aliphatic rings. The topological polar surface area (TPSA) is 0 Å². The molecule has 0 amide bonds. The van der Waals surface area contributed by atoms with Crippen molar-refractivity contribution in [3.63, 3.8) is 0 Å². The Labute approximate surface area is 162 Å². The zero-order valence-electron chi connectivity index (χ0n) is 16.7. The first-order valence-electron chi connectivity index (χ1n) is 9.83. The fourth-order valence-electron chi connectivity index (χ4n) is 3.86. The average Bonchev–Trinajstić information content (AvgIpc) is 2.65. The predicted octanol–water partition coefficient (Wildman–Crippen LogP) is 7.34. The minimum Gasteiger partial charge on any atom is -0.0950 e. The minimum atomic E-state index is 0. The summed E-state index contributed by atoms with van der Waals surface area (Å²) in [5, 5.41) is 0. The first-order chi connectivity index (χ1) is 12.4. The fraction of sp³-hybridized carbons (Fsp3) is 0.385. The molecule has 0 unspecified atom stereocenters. The summed E-state index contributed by atoms with van der Waals surface area (Å²) < 4.78 is 0. The molecule has 0 heteroatoms. The van der Waals surface area contributed by atoms with Gasteiger partial charge in [0, 0.05) is 14.0 Å². The van der Waals surface area contributed by atoms with E-state index in [4.69, 9.17) is 0 Å². The molecule has 3 rings (SSSR count). The van der Waals surface area contributed by atoms with Gasteiger partial charge < -0.3 is 0 Å². The van der Waals surface area contributed by atoms with Crippen molar-refractivity contribution in [2.24, 2.45) is 11.8 Å². The summed E-state index contributed by atoms with van der Waals surface area (Å²) >= 11 is 0. The van der Waals surface area contributed by atoms with Crippen LogP contribution in [0.2, 0.25) is 0 Å². The highest BCUT2D eigenvalue weighted by Gasteiger charge is 2.21. The second-order valence-electron chi connectivity index (χ2n) is 8.04. The summed E-state index contributed by atoms with van der Waals surface area (Å²) in [6.07, 6.45) is 5.24. The second-order valence-corrected chi connectivity index (χ2v) is 8.04. The number of aryl methyl sites for hydroxylation is 2. The van der Waals surface area contributed by atoms with Crippen LogP contribution in [0, 0.1) is 44.4 Å². The number of benzene rings is 2. The van der Waals surface area contributed by atoms with Crippen molar-refractivity contribution in [3.05, 3.63) is 76.4 Å². The summed E-state index contributed by atoms with van der Waals surface area (Å²) in [5.74, 6) is 8.16. The van der Waals surface area contributed by atoms with Gasteiger partial charge in [0.25, 0.3) is 0 Å². The van der Waals surface area contributed by atoms with Crippen molar-refractivity contribution < 1.29 is 2.85 Å². The number of hydrogen-bond donors (Lipinski definition) is 0. The lowest BCUT2D eigenvalue weighted by molar-refractivity contribution is 0.337. The summed E-state index contributed by atoms with van der Waals surface area (Å²) in [4.78, 5) is 0. The molecule has 0 aromatic heterocycles. The smallest absolute Gasteiger partial charge is 0.0254 e. The van der Waals surface area contributed by atoms with Gasteiger partial charge >= 0.3 is 0 Å². The van der Waals surface area contributed by atoms with Crippen molar-refractivity contribution in [2.45, 2.75) is 53.4 Å². The molecule has 1 saturated carbocycles. The van der Waals surface area contributed by atoms with Crippen LogP contribution in [-0.4, -0.2) is 0 Å². The Morgan fingerprint density at radius 3 is 2.00 bits per heavy atom. The molecule has 0 radical (unpaired) electrons. The van der Waals surface area contributed by atoms with E-state index in [1.807, 2.05) is 0 Å². The molecular weight excluding hydrogens is 312 g/mol. The monoisotopic (exact) mass is 346 g/mol. The summed E-state index contributed by atoms with van der Waals surface area (Å²) in [6.45, 7) is 13.2. The van der Waals surface area contributed by atoms with Crippen LogP contribution < -0.4 is 0 Å². The molecule has 0 bridgehead atoms. The molecule has 0 spiro atoms. The third-order valence-corrected chi connectivity index (χ3v) is 6.04. The second kappa shape index (κ2) is 7.96. The van der Waals surface area contributed by atoms with E-state index >= 15 is 0 Å². The van der Waals surface area contributed by atoms with Gasteiger partial charge in [-0.25, -0.2) is 0 Å². The van der Waals surface area contributed by atoms with Gasteiger partial charge in [-0.05, 0) is 97.5 Å². The molecule has 1 fully saturated rings. The molecular formula is C26H34. The third kappa shape index (κ3) is 4.28. The van der Waals surface area contributed by atoms with Crippen LogP contribution in [0.15, 0.2) is 43.0 Å². The molecule has 0 N–H and O–H groups in total. The van der Waals surface area contributed by atoms with Crippen molar-refractivity contribution in [2.75, 3.05) is 0 Å². The van der Waals surface area contributed by atoms with Crippen molar-refractivity contribution in [3.8, 4) is 11.8 Å². The van der Waals surface area contributed by atoms with Crippen LogP contribution in [0.25, 0.3) is 5.57 Å². The van der Waals surface area contributed by atoms with Gasteiger partial charge in [0.1, 0.15) is 0 Å². The van der Waals surface area contributed by atoms with Crippen molar-refractivity contribution in [1.82, 2.24) is 0 Å². The molecule has 2 aromatic carbocycles. The quantitative estimate of drug-likeness (QED) is 0.499. The Balaban J connectivity index is 0.00000196. The van der Waals surface area contributed by atoms with Gasteiger partial charge in [-0.3, -0.25) is 0 Å². The van der Waals surface area contributed by atoms with Crippen LogP contribution in [-0.2, 0) is 0 Å². The van der Waals surface area contributed by atoms with E-state index < -0.39 is 0 Å². The molecule has 0 atom stereocenters. The highest BCUT2D eigenvalue weighted by Crippen LogP contribution is 2.36. The van der Waals surface area contributed by atoms with E-state index in [0.717, 1.165) is 17.0 Å². The first-order valence-corrected chi connectivity index (χ1v) is 9.83. The summed E-state index contributed by atoms with van der Waals surface area (Å²) in [7, 11) is 0. The summed E-state index contributed by atoms with van der Waals surface area (Å²) in [6, 6.07) is 13.0. The van der Waals surface area contributed by atoms with Gasteiger partial charge in [-0.15, -0.1) is 0 Å². The Hall–Kier alpha value is -2.26. The first kappa shape index (κ1) is 18.5. The maximum Gasteiger partial charge on any atom is 0.0254 e. The predicted molar refractivity (Wildman–Crippen MR) is 117 cm³/mol. The molecule has 0 aliphatic heterocycles. The van der Waals surface area contributed by atoms with E-state index in [0.29, 0.717) is 5.92 Å².